The summed E-state index contributed by atoms with van der Waals surface area (Å²) in [5.41, 5.74) is 7.67. The van der Waals surface area contributed by atoms with Crippen molar-refractivity contribution in [3.63, 3.8) is 0 Å². The van der Waals surface area contributed by atoms with E-state index in [0.717, 1.165) is 0 Å². The van der Waals surface area contributed by atoms with Crippen LogP contribution in [0.3, 0.4) is 0 Å². The van der Waals surface area contributed by atoms with Crippen LogP contribution in [-0.2, 0) is 0 Å². The van der Waals surface area contributed by atoms with Gasteiger partial charge < -0.3 is 5.73 Å². The summed E-state index contributed by atoms with van der Waals surface area (Å²) < 4.78 is 26.9. The smallest absolute Gasteiger partial charge is 0.140 e. The molecule has 2 atom stereocenters. The number of hydrogen-bond donors (Lipinski definition) is 1. The average molecular weight is 319 g/mol. The Balaban J connectivity index is 3.32. The zero-order chi connectivity index (χ0) is 17.2. The SMILES string of the molecule is C\N=C/C=C(\C=C\C(C)F)c1ccc(/C=C\CN)c(C(C)F)n1. The normalized spacial score (nSPS) is 15.8. The molecule has 124 valence electrons. The van der Waals surface area contributed by atoms with Crippen LogP contribution >= 0.6 is 0 Å². The van der Waals surface area contributed by atoms with Gasteiger partial charge in [-0.25, -0.2) is 13.8 Å². The van der Waals surface area contributed by atoms with E-state index in [1.807, 2.05) is 0 Å². The van der Waals surface area contributed by atoms with Crippen LogP contribution in [0.25, 0.3) is 11.6 Å². The molecular weight excluding hydrogens is 296 g/mol. The number of halogens is 2. The van der Waals surface area contributed by atoms with E-state index < -0.39 is 12.3 Å². The van der Waals surface area contributed by atoms with Gasteiger partial charge in [-0.2, -0.15) is 0 Å². The highest BCUT2D eigenvalue weighted by Crippen LogP contribution is 2.24. The van der Waals surface area contributed by atoms with E-state index in [-0.39, 0.29) is 0 Å². The van der Waals surface area contributed by atoms with Crippen molar-refractivity contribution in [1.82, 2.24) is 4.98 Å². The summed E-state index contributed by atoms with van der Waals surface area (Å²) in [6.07, 6.45) is 7.52. The van der Waals surface area contributed by atoms with Gasteiger partial charge in [0.15, 0.2) is 0 Å². The third-order valence-electron chi connectivity index (χ3n) is 3.01. The third kappa shape index (κ3) is 6.24. The van der Waals surface area contributed by atoms with Crippen LogP contribution in [0.4, 0.5) is 8.78 Å². The first-order chi connectivity index (χ1) is 11.0. The fourth-order valence-corrected chi connectivity index (χ4v) is 1.92. The lowest BCUT2D eigenvalue weighted by atomic mass is 10.1. The molecule has 3 nitrogen and oxygen atoms in total. The number of pyridine rings is 1. The predicted molar refractivity (Wildman–Crippen MR) is 94.0 cm³/mol. The second-order valence-corrected chi connectivity index (χ2v) is 4.99. The lowest BCUT2D eigenvalue weighted by molar-refractivity contribution is 0.365. The standard InChI is InChI=1S/C18H23F2N3/c1-13(19)6-7-15(10-12-22-3)17-9-8-16(5-4-11-21)18(23-17)14(2)20/h4-10,12-14H,11,21H2,1-3H3/b5-4-,7-6+,15-10+,22-12-. The van der Waals surface area contributed by atoms with E-state index in [0.29, 0.717) is 29.1 Å². The van der Waals surface area contributed by atoms with E-state index >= 15 is 0 Å². The zero-order valence-electron chi connectivity index (χ0n) is 13.7. The van der Waals surface area contributed by atoms with Crippen molar-refractivity contribution >= 4 is 17.9 Å². The summed E-state index contributed by atoms with van der Waals surface area (Å²) in [6.45, 7) is 3.24. The van der Waals surface area contributed by atoms with Crippen LogP contribution in [0.15, 0.2) is 41.4 Å². The van der Waals surface area contributed by atoms with Crippen molar-refractivity contribution in [3.8, 4) is 0 Å². The van der Waals surface area contributed by atoms with Crippen LogP contribution < -0.4 is 5.73 Å². The summed E-state index contributed by atoms with van der Waals surface area (Å²) >= 11 is 0. The molecule has 0 radical (unpaired) electrons. The monoisotopic (exact) mass is 319 g/mol. The quantitative estimate of drug-likeness (QED) is 0.608. The van der Waals surface area contributed by atoms with Crippen molar-refractivity contribution in [2.75, 3.05) is 13.6 Å². The first-order valence-electron chi connectivity index (χ1n) is 7.46. The van der Waals surface area contributed by atoms with Gasteiger partial charge in [0.1, 0.15) is 12.3 Å². The van der Waals surface area contributed by atoms with Gasteiger partial charge in [0.2, 0.25) is 0 Å². The number of nitrogens with two attached hydrogens (primary N) is 1. The number of alkyl halides is 2. The van der Waals surface area contributed by atoms with Gasteiger partial charge in [0, 0.05) is 25.4 Å². The van der Waals surface area contributed by atoms with Crippen molar-refractivity contribution in [1.29, 1.82) is 0 Å². The van der Waals surface area contributed by atoms with Crippen molar-refractivity contribution < 1.29 is 8.78 Å². The lowest BCUT2D eigenvalue weighted by Crippen LogP contribution is -2.00. The maximum Gasteiger partial charge on any atom is 0.140 e. The van der Waals surface area contributed by atoms with Gasteiger partial charge in [-0.15, -0.1) is 0 Å². The third-order valence-corrected chi connectivity index (χ3v) is 3.01. The molecule has 1 rings (SSSR count). The van der Waals surface area contributed by atoms with Crippen molar-refractivity contribution in [2.24, 2.45) is 10.7 Å². The number of rotatable bonds is 7. The largest absolute Gasteiger partial charge is 0.327 e. The number of aliphatic imine (C=N–C) groups is 1. The molecule has 0 bridgehead atoms. The van der Waals surface area contributed by atoms with Crippen LogP contribution in [0, 0.1) is 0 Å². The summed E-state index contributed by atoms with van der Waals surface area (Å²) in [6, 6.07) is 3.55. The molecule has 0 saturated carbocycles. The molecule has 23 heavy (non-hydrogen) atoms. The summed E-state index contributed by atoms with van der Waals surface area (Å²) in [5, 5.41) is 0. The molecule has 1 aromatic rings. The van der Waals surface area contributed by atoms with E-state index in [4.69, 9.17) is 5.73 Å². The molecule has 0 aliphatic heterocycles. The van der Waals surface area contributed by atoms with Gasteiger partial charge in [-0.1, -0.05) is 30.4 Å². The molecular formula is C18H23F2N3. The van der Waals surface area contributed by atoms with Crippen LogP contribution in [0.2, 0.25) is 0 Å². The minimum atomic E-state index is -1.22. The highest BCUT2D eigenvalue weighted by atomic mass is 19.1. The minimum absolute atomic E-state index is 0.327. The van der Waals surface area contributed by atoms with Crippen LogP contribution in [0.1, 0.15) is 37.0 Å². The Kier molecular flexibility index (Phi) is 8.05. The zero-order valence-corrected chi connectivity index (χ0v) is 13.7. The van der Waals surface area contributed by atoms with Crippen LogP contribution in [-0.4, -0.2) is 31.0 Å². The Labute approximate surface area is 136 Å². The number of hydrogen-bond acceptors (Lipinski definition) is 3. The van der Waals surface area contributed by atoms with E-state index in [1.54, 1.807) is 49.7 Å². The maximum absolute atomic E-state index is 13.9. The minimum Gasteiger partial charge on any atom is -0.327 e. The van der Waals surface area contributed by atoms with Gasteiger partial charge in [-0.05, 0) is 31.6 Å². The van der Waals surface area contributed by atoms with Gasteiger partial charge in [0.05, 0.1) is 11.4 Å². The fraction of sp³-hybridized carbons (Fsp3) is 0.333. The predicted octanol–water partition coefficient (Wildman–Crippen LogP) is 4.08. The highest BCUT2D eigenvalue weighted by molar-refractivity contribution is 5.87. The molecule has 0 spiro atoms. The molecule has 0 saturated heterocycles. The van der Waals surface area contributed by atoms with Gasteiger partial charge >= 0.3 is 0 Å². The number of nitrogens with zero attached hydrogens (tertiary/aromatic N) is 2. The Morgan fingerprint density at radius 2 is 2.09 bits per heavy atom. The summed E-state index contributed by atoms with van der Waals surface area (Å²) in [7, 11) is 1.64. The molecule has 1 heterocycles. The molecule has 0 aliphatic carbocycles. The Hall–Kier alpha value is -2.14. The number of allylic oxidation sites excluding steroid dienone is 4. The summed E-state index contributed by atoms with van der Waals surface area (Å²) in [4.78, 5) is 8.27. The van der Waals surface area contributed by atoms with Crippen molar-refractivity contribution in [3.05, 3.63) is 53.4 Å². The molecule has 0 fully saturated rings. The Morgan fingerprint density at radius 1 is 1.35 bits per heavy atom. The average Bonchev–Trinajstić information content (AvgIpc) is 2.52. The Bertz CT molecular complexity index is 615. The molecule has 5 heteroatoms. The lowest BCUT2D eigenvalue weighted by Gasteiger charge is -2.10. The van der Waals surface area contributed by atoms with Crippen LogP contribution in [0.5, 0.6) is 0 Å². The number of aromatic nitrogens is 1. The van der Waals surface area contributed by atoms with Gasteiger partial charge in [0.25, 0.3) is 0 Å². The Morgan fingerprint density at radius 3 is 2.65 bits per heavy atom. The summed E-state index contributed by atoms with van der Waals surface area (Å²) in [5.74, 6) is 0. The topological polar surface area (TPSA) is 51.3 Å². The fourth-order valence-electron chi connectivity index (χ4n) is 1.92. The van der Waals surface area contributed by atoms with E-state index in [9.17, 15) is 8.78 Å². The molecule has 0 aromatic carbocycles. The second-order valence-electron chi connectivity index (χ2n) is 4.99. The molecule has 0 amide bonds. The van der Waals surface area contributed by atoms with Crippen molar-refractivity contribution in [2.45, 2.75) is 26.2 Å². The molecule has 2 unspecified atom stereocenters. The second kappa shape index (κ2) is 9.79. The first kappa shape index (κ1) is 18.9. The first-order valence-corrected chi connectivity index (χ1v) is 7.46. The molecule has 1 aromatic heterocycles. The van der Waals surface area contributed by atoms with E-state index in [1.165, 1.54) is 19.9 Å². The highest BCUT2D eigenvalue weighted by Gasteiger charge is 2.12. The molecule has 0 aliphatic rings. The van der Waals surface area contributed by atoms with E-state index in [2.05, 4.69) is 9.98 Å². The van der Waals surface area contributed by atoms with Gasteiger partial charge in [-0.3, -0.25) is 4.99 Å². The molecule has 2 N–H and O–H groups in total. The maximum atomic E-state index is 13.9.